The van der Waals surface area contributed by atoms with Crippen LogP contribution in [-0.4, -0.2) is 19.6 Å². The molecule has 4 aromatic rings. The summed E-state index contributed by atoms with van der Waals surface area (Å²) in [5.41, 5.74) is 2.82. The van der Waals surface area contributed by atoms with Crippen LogP contribution in [-0.2, 0) is 13.1 Å². The lowest BCUT2D eigenvalue weighted by Gasteiger charge is -2.06. The Hall–Kier alpha value is -3.21. The van der Waals surface area contributed by atoms with Gasteiger partial charge in [0, 0.05) is 0 Å². The average Bonchev–Trinajstić information content (AvgIpc) is 3.03. The highest BCUT2D eigenvalue weighted by Crippen LogP contribution is 2.11. The Morgan fingerprint density at radius 1 is 0.708 bits per heavy atom. The molecule has 0 aliphatic carbocycles. The first-order valence-electron chi connectivity index (χ1n) is 7.81. The van der Waals surface area contributed by atoms with Crippen molar-refractivity contribution in [3.63, 3.8) is 0 Å². The summed E-state index contributed by atoms with van der Waals surface area (Å²) in [6.07, 6.45) is 3.35. The number of nitrogens with zero attached hydrogens (tertiary/aromatic N) is 4. The van der Waals surface area contributed by atoms with Gasteiger partial charge in [-0.05, 0) is 11.1 Å². The van der Waals surface area contributed by atoms with E-state index in [2.05, 4.69) is 10.2 Å². The van der Waals surface area contributed by atoms with Gasteiger partial charge in [-0.1, -0.05) is 60.7 Å². The molecule has 0 aliphatic heterocycles. The number of fused-ring (bicyclic) bond motifs is 1. The summed E-state index contributed by atoms with van der Waals surface area (Å²) in [6, 6.07) is 19.9. The van der Waals surface area contributed by atoms with E-state index in [1.54, 1.807) is 12.4 Å². The van der Waals surface area contributed by atoms with Crippen LogP contribution in [0.5, 0.6) is 0 Å². The van der Waals surface area contributed by atoms with Gasteiger partial charge in [-0.25, -0.2) is 4.68 Å². The third kappa shape index (κ3) is 2.72. The minimum atomic E-state index is -0.115. The molecule has 0 unspecified atom stereocenters. The maximum absolute atomic E-state index is 12.6. The first-order valence-corrected chi connectivity index (χ1v) is 7.81. The summed E-state index contributed by atoms with van der Waals surface area (Å²) in [6.45, 7) is 1.08. The van der Waals surface area contributed by atoms with E-state index in [4.69, 9.17) is 0 Å². The quantitative estimate of drug-likeness (QED) is 0.582. The molecule has 0 radical (unpaired) electrons. The van der Waals surface area contributed by atoms with E-state index in [1.165, 1.54) is 4.68 Å². The molecule has 4 rings (SSSR count). The second-order valence-corrected chi connectivity index (χ2v) is 5.68. The van der Waals surface area contributed by atoms with Crippen LogP contribution < -0.4 is 5.56 Å². The van der Waals surface area contributed by atoms with Gasteiger partial charge in [0.15, 0.2) is 0 Å². The van der Waals surface area contributed by atoms with Crippen LogP contribution in [0.3, 0.4) is 0 Å². The molecule has 5 nitrogen and oxygen atoms in total. The van der Waals surface area contributed by atoms with E-state index in [1.807, 2.05) is 65.3 Å². The predicted octanol–water partition coefficient (Wildman–Crippen LogP) is 2.69. The van der Waals surface area contributed by atoms with Crippen LogP contribution in [0.25, 0.3) is 10.9 Å². The molecule has 0 saturated carbocycles. The molecule has 5 heteroatoms. The van der Waals surface area contributed by atoms with Gasteiger partial charge in [-0.15, -0.1) is 0 Å². The zero-order valence-electron chi connectivity index (χ0n) is 13.0. The Labute approximate surface area is 138 Å². The molecule has 2 aromatic heterocycles. The molecule has 0 amide bonds. The summed E-state index contributed by atoms with van der Waals surface area (Å²) in [4.78, 5) is 12.6. The Balaban J connectivity index is 1.69. The smallest absolute Gasteiger partial charge is 0.267 e. The fourth-order valence-electron chi connectivity index (χ4n) is 2.76. The number of rotatable bonds is 4. The zero-order chi connectivity index (χ0) is 16.4. The van der Waals surface area contributed by atoms with Gasteiger partial charge in [0.1, 0.15) is 0 Å². The molecule has 0 fully saturated rings. The third-order valence-electron chi connectivity index (χ3n) is 4.01. The first-order chi connectivity index (χ1) is 11.8. The molecule has 2 heterocycles. The van der Waals surface area contributed by atoms with Crippen molar-refractivity contribution in [2.45, 2.75) is 13.1 Å². The van der Waals surface area contributed by atoms with Gasteiger partial charge in [-0.2, -0.15) is 10.2 Å². The van der Waals surface area contributed by atoms with E-state index in [-0.39, 0.29) is 5.56 Å². The topological polar surface area (TPSA) is 52.7 Å². The van der Waals surface area contributed by atoms with E-state index in [0.717, 1.165) is 16.6 Å². The minimum Gasteiger partial charge on any atom is -0.267 e. The largest absolute Gasteiger partial charge is 0.278 e. The standard InChI is InChI=1S/C19H16N4O/c24-19-17-11-20-22(13-15-7-3-1-4-8-15)18(17)12-21-23(19)14-16-9-5-2-6-10-16/h1-12H,13-14H2. The summed E-state index contributed by atoms with van der Waals surface area (Å²) in [7, 11) is 0. The zero-order valence-corrected chi connectivity index (χ0v) is 13.0. The second kappa shape index (κ2) is 6.12. The number of hydrogen-bond acceptors (Lipinski definition) is 3. The predicted molar refractivity (Wildman–Crippen MR) is 92.9 cm³/mol. The first kappa shape index (κ1) is 14.4. The molecule has 2 aromatic carbocycles. The summed E-state index contributed by atoms with van der Waals surface area (Å²) in [5, 5.41) is 9.28. The molecule has 0 saturated heterocycles. The highest BCUT2D eigenvalue weighted by atomic mass is 16.1. The Morgan fingerprint density at radius 2 is 1.25 bits per heavy atom. The van der Waals surface area contributed by atoms with Crippen LogP contribution in [0, 0.1) is 0 Å². The van der Waals surface area contributed by atoms with Crippen molar-refractivity contribution in [1.82, 2.24) is 19.6 Å². The van der Waals surface area contributed by atoms with Gasteiger partial charge >= 0.3 is 0 Å². The van der Waals surface area contributed by atoms with Gasteiger partial charge < -0.3 is 0 Å². The molecule has 0 spiro atoms. The van der Waals surface area contributed by atoms with Crippen molar-refractivity contribution in [3.8, 4) is 0 Å². The van der Waals surface area contributed by atoms with Crippen molar-refractivity contribution >= 4 is 10.9 Å². The molecule has 0 atom stereocenters. The summed E-state index contributed by atoms with van der Waals surface area (Å²) >= 11 is 0. The van der Waals surface area contributed by atoms with Crippen molar-refractivity contribution in [2.24, 2.45) is 0 Å². The third-order valence-corrected chi connectivity index (χ3v) is 4.01. The summed E-state index contributed by atoms with van der Waals surface area (Å²) < 4.78 is 3.29. The average molecular weight is 316 g/mol. The van der Waals surface area contributed by atoms with Crippen molar-refractivity contribution in [1.29, 1.82) is 0 Å². The fourth-order valence-corrected chi connectivity index (χ4v) is 2.76. The van der Waals surface area contributed by atoms with E-state index in [0.29, 0.717) is 18.5 Å². The van der Waals surface area contributed by atoms with Crippen LogP contribution in [0.15, 0.2) is 77.9 Å². The molecule has 0 aliphatic rings. The molecule has 0 N–H and O–H groups in total. The maximum atomic E-state index is 12.6. The van der Waals surface area contributed by atoms with Gasteiger partial charge in [0.2, 0.25) is 0 Å². The summed E-state index contributed by atoms with van der Waals surface area (Å²) in [5.74, 6) is 0. The highest BCUT2D eigenvalue weighted by molar-refractivity contribution is 5.76. The van der Waals surface area contributed by atoms with Gasteiger partial charge in [-0.3, -0.25) is 9.48 Å². The normalized spacial score (nSPS) is 11.0. The molecular weight excluding hydrogens is 300 g/mol. The van der Waals surface area contributed by atoms with E-state index >= 15 is 0 Å². The number of aromatic nitrogens is 4. The van der Waals surface area contributed by atoms with Crippen molar-refractivity contribution < 1.29 is 0 Å². The molecular formula is C19H16N4O. The van der Waals surface area contributed by atoms with Gasteiger partial charge in [0.25, 0.3) is 5.56 Å². The maximum Gasteiger partial charge on any atom is 0.278 e. The van der Waals surface area contributed by atoms with Crippen LogP contribution in [0.1, 0.15) is 11.1 Å². The van der Waals surface area contributed by atoms with Crippen LogP contribution in [0.4, 0.5) is 0 Å². The lowest BCUT2D eigenvalue weighted by Crippen LogP contribution is -2.23. The van der Waals surface area contributed by atoms with Crippen molar-refractivity contribution in [2.75, 3.05) is 0 Å². The lowest BCUT2D eigenvalue weighted by atomic mass is 10.2. The van der Waals surface area contributed by atoms with Gasteiger partial charge in [0.05, 0.1) is 36.4 Å². The fraction of sp³-hybridized carbons (Fsp3) is 0.105. The second-order valence-electron chi connectivity index (χ2n) is 5.68. The Bertz CT molecular complexity index is 1020. The monoisotopic (exact) mass is 316 g/mol. The van der Waals surface area contributed by atoms with E-state index < -0.39 is 0 Å². The van der Waals surface area contributed by atoms with Crippen LogP contribution >= 0.6 is 0 Å². The molecule has 0 bridgehead atoms. The minimum absolute atomic E-state index is 0.115. The SMILES string of the molecule is O=c1c2cnn(Cc3ccccc3)c2cnn1Cc1ccccc1. The number of hydrogen-bond donors (Lipinski definition) is 0. The molecule has 24 heavy (non-hydrogen) atoms. The van der Waals surface area contributed by atoms with E-state index in [9.17, 15) is 4.79 Å². The number of benzene rings is 2. The Kier molecular flexibility index (Phi) is 3.67. The Morgan fingerprint density at radius 3 is 1.88 bits per heavy atom. The highest BCUT2D eigenvalue weighted by Gasteiger charge is 2.10. The van der Waals surface area contributed by atoms with Crippen molar-refractivity contribution in [3.05, 3.63) is 94.5 Å². The molecule has 118 valence electrons. The van der Waals surface area contributed by atoms with Crippen LogP contribution in [0.2, 0.25) is 0 Å². The lowest BCUT2D eigenvalue weighted by molar-refractivity contribution is 0.643.